The fraction of sp³-hybridized carbons (Fsp3) is 0.231. The Hall–Kier alpha value is -2.30. The minimum atomic E-state index is 0.195. The van der Waals surface area contributed by atoms with Crippen LogP contribution in [0, 0.1) is 6.92 Å². The van der Waals surface area contributed by atoms with E-state index < -0.39 is 0 Å². The maximum absolute atomic E-state index is 5.66. The summed E-state index contributed by atoms with van der Waals surface area (Å²) in [5.74, 6) is 1.30. The summed E-state index contributed by atoms with van der Waals surface area (Å²) in [7, 11) is 1.95. The molecular weight excluding hydrogens is 226 g/mol. The zero-order chi connectivity index (χ0) is 13.1. The van der Waals surface area contributed by atoms with Crippen LogP contribution in [0.5, 0.6) is 0 Å². The van der Waals surface area contributed by atoms with Crippen LogP contribution in [-0.4, -0.2) is 17.0 Å². The highest BCUT2D eigenvalue weighted by Gasteiger charge is 2.06. The van der Waals surface area contributed by atoms with E-state index in [9.17, 15) is 0 Å². The first-order chi connectivity index (χ1) is 8.54. The molecule has 1 aromatic carbocycles. The van der Waals surface area contributed by atoms with E-state index in [1.807, 2.05) is 18.0 Å². The topological polar surface area (TPSA) is 81.1 Å². The highest BCUT2D eigenvalue weighted by molar-refractivity contribution is 5.50. The number of aromatic nitrogens is 2. The summed E-state index contributed by atoms with van der Waals surface area (Å²) in [5.41, 5.74) is 13.7. The SMILES string of the molecule is Cc1cccc(CN(C)c2cc(N)nc(N)n2)c1. The van der Waals surface area contributed by atoms with Crippen molar-refractivity contribution in [1.29, 1.82) is 0 Å². The van der Waals surface area contributed by atoms with Crippen LogP contribution >= 0.6 is 0 Å². The molecule has 2 aromatic rings. The van der Waals surface area contributed by atoms with Crippen LogP contribution in [0.15, 0.2) is 30.3 Å². The minimum absolute atomic E-state index is 0.195. The minimum Gasteiger partial charge on any atom is -0.383 e. The molecule has 0 aliphatic rings. The molecule has 1 aromatic heterocycles. The molecule has 94 valence electrons. The molecule has 2 rings (SSSR count). The standard InChI is InChI=1S/C13H17N5/c1-9-4-3-5-10(6-9)8-18(2)12-7-11(14)16-13(15)17-12/h3-7H,8H2,1-2H3,(H4,14,15,16,17). The van der Waals surface area contributed by atoms with Crippen molar-refractivity contribution in [2.75, 3.05) is 23.4 Å². The molecule has 0 spiro atoms. The number of anilines is 3. The van der Waals surface area contributed by atoms with Gasteiger partial charge < -0.3 is 16.4 Å². The van der Waals surface area contributed by atoms with Crippen molar-refractivity contribution in [3.05, 3.63) is 41.5 Å². The van der Waals surface area contributed by atoms with E-state index >= 15 is 0 Å². The van der Waals surface area contributed by atoms with Gasteiger partial charge in [0, 0.05) is 19.7 Å². The number of hydrogen-bond acceptors (Lipinski definition) is 5. The first-order valence-corrected chi connectivity index (χ1v) is 5.71. The Kier molecular flexibility index (Phi) is 3.32. The third-order valence-electron chi connectivity index (χ3n) is 2.64. The van der Waals surface area contributed by atoms with E-state index in [0.717, 1.165) is 12.4 Å². The molecule has 0 amide bonds. The summed E-state index contributed by atoms with van der Waals surface area (Å²) in [6, 6.07) is 10.1. The van der Waals surface area contributed by atoms with Crippen molar-refractivity contribution in [3.8, 4) is 0 Å². The Balaban J connectivity index is 2.19. The predicted octanol–water partition coefficient (Wildman–Crippen LogP) is 1.59. The molecule has 0 aliphatic heterocycles. The van der Waals surface area contributed by atoms with Gasteiger partial charge in [0.2, 0.25) is 5.95 Å². The molecule has 5 nitrogen and oxygen atoms in total. The summed E-state index contributed by atoms with van der Waals surface area (Å²) in [6.07, 6.45) is 0. The molecule has 0 unspecified atom stereocenters. The molecule has 5 heteroatoms. The highest BCUT2D eigenvalue weighted by Crippen LogP contribution is 2.16. The van der Waals surface area contributed by atoms with E-state index in [0.29, 0.717) is 5.82 Å². The van der Waals surface area contributed by atoms with Gasteiger partial charge in [-0.3, -0.25) is 0 Å². The lowest BCUT2D eigenvalue weighted by molar-refractivity contribution is 0.893. The summed E-state index contributed by atoms with van der Waals surface area (Å²) in [5, 5.41) is 0. The quantitative estimate of drug-likeness (QED) is 0.855. The fourth-order valence-electron chi connectivity index (χ4n) is 1.83. The van der Waals surface area contributed by atoms with E-state index in [1.165, 1.54) is 11.1 Å². The fourth-order valence-corrected chi connectivity index (χ4v) is 1.83. The van der Waals surface area contributed by atoms with Crippen molar-refractivity contribution >= 4 is 17.6 Å². The molecule has 0 radical (unpaired) electrons. The Bertz CT molecular complexity index is 533. The summed E-state index contributed by atoms with van der Waals surface area (Å²) < 4.78 is 0. The van der Waals surface area contributed by atoms with Crippen LogP contribution in [0.1, 0.15) is 11.1 Å². The van der Waals surface area contributed by atoms with Gasteiger partial charge in [-0.05, 0) is 12.5 Å². The summed E-state index contributed by atoms with van der Waals surface area (Å²) in [4.78, 5) is 10.0. The molecule has 4 N–H and O–H groups in total. The second kappa shape index (κ2) is 4.91. The van der Waals surface area contributed by atoms with Gasteiger partial charge >= 0.3 is 0 Å². The maximum atomic E-state index is 5.66. The van der Waals surface area contributed by atoms with Crippen LogP contribution in [0.4, 0.5) is 17.6 Å². The van der Waals surface area contributed by atoms with Crippen LogP contribution in [0.2, 0.25) is 0 Å². The van der Waals surface area contributed by atoms with Crippen molar-refractivity contribution in [1.82, 2.24) is 9.97 Å². The Labute approximate surface area is 106 Å². The molecular formula is C13H17N5. The maximum Gasteiger partial charge on any atom is 0.223 e. The molecule has 0 aliphatic carbocycles. The predicted molar refractivity (Wildman–Crippen MR) is 74.1 cm³/mol. The molecule has 0 saturated heterocycles. The third kappa shape index (κ3) is 2.88. The van der Waals surface area contributed by atoms with Crippen LogP contribution in [-0.2, 0) is 6.54 Å². The Morgan fingerprint density at radius 1 is 1.17 bits per heavy atom. The highest BCUT2D eigenvalue weighted by atomic mass is 15.2. The molecule has 0 saturated carbocycles. The molecule has 0 fully saturated rings. The van der Waals surface area contributed by atoms with Crippen molar-refractivity contribution < 1.29 is 0 Å². The largest absolute Gasteiger partial charge is 0.383 e. The van der Waals surface area contributed by atoms with Gasteiger partial charge in [-0.25, -0.2) is 0 Å². The van der Waals surface area contributed by atoms with Gasteiger partial charge in [-0.15, -0.1) is 0 Å². The van der Waals surface area contributed by atoms with Crippen molar-refractivity contribution in [2.45, 2.75) is 13.5 Å². The van der Waals surface area contributed by atoms with Gasteiger partial charge in [-0.2, -0.15) is 9.97 Å². The van der Waals surface area contributed by atoms with Gasteiger partial charge in [0.1, 0.15) is 11.6 Å². The van der Waals surface area contributed by atoms with E-state index in [-0.39, 0.29) is 5.95 Å². The number of rotatable bonds is 3. The molecule has 1 heterocycles. The lowest BCUT2D eigenvalue weighted by Crippen LogP contribution is -2.19. The zero-order valence-electron chi connectivity index (χ0n) is 10.6. The second-order valence-corrected chi connectivity index (χ2v) is 4.35. The van der Waals surface area contributed by atoms with Crippen LogP contribution < -0.4 is 16.4 Å². The lowest BCUT2D eigenvalue weighted by atomic mass is 10.1. The van der Waals surface area contributed by atoms with E-state index in [4.69, 9.17) is 11.5 Å². The van der Waals surface area contributed by atoms with Gasteiger partial charge in [-0.1, -0.05) is 29.8 Å². The monoisotopic (exact) mass is 243 g/mol. The van der Waals surface area contributed by atoms with Gasteiger partial charge in [0.15, 0.2) is 0 Å². The number of benzene rings is 1. The average molecular weight is 243 g/mol. The third-order valence-corrected chi connectivity index (χ3v) is 2.64. The molecule has 0 atom stereocenters. The number of hydrogen-bond donors (Lipinski definition) is 2. The number of nitrogens with two attached hydrogens (primary N) is 2. The summed E-state index contributed by atoms with van der Waals surface area (Å²) in [6.45, 7) is 2.82. The van der Waals surface area contributed by atoms with Crippen molar-refractivity contribution in [2.24, 2.45) is 0 Å². The van der Waals surface area contributed by atoms with Crippen LogP contribution in [0.25, 0.3) is 0 Å². The van der Waals surface area contributed by atoms with Gasteiger partial charge in [0.05, 0.1) is 0 Å². The zero-order valence-corrected chi connectivity index (χ0v) is 10.6. The lowest BCUT2D eigenvalue weighted by Gasteiger charge is -2.18. The normalized spacial score (nSPS) is 10.3. The second-order valence-electron chi connectivity index (χ2n) is 4.35. The first kappa shape index (κ1) is 12.2. The van der Waals surface area contributed by atoms with E-state index in [1.54, 1.807) is 6.07 Å². The molecule has 0 bridgehead atoms. The van der Waals surface area contributed by atoms with Crippen molar-refractivity contribution in [3.63, 3.8) is 0 Å². The Morgan fingerprint density at radius 3 is 2.61 bits per heavy atom. The average Bonchev–Trinajstić information content (AvgIpc) is 2.27. The van der Waals surface area contributed by atoms with Crippen LogP contribution in [0.3, 0.4) is 0 Å². The first-order valence-electron chi connectivity index (χ1n) is 5.71. The summed E-state index contributed by atoms with van der Waals surface area (Å²) >= 11 is 0. The van der Waals surface area contributed by atoms with Gasteiger partial charge in [0.25, 0.3) is 0 Å². The number of aryl methyl sites for hydroxylation is 1. The van der Waals surface area contributed by atoms with E-state index in [2.05, 4.69) is 35.1 Å². The molecule has 18 heavy (non-hydrogen) atoms. The Morgan fingerprint density at radius 2 is 1.94 bits per heavy atom. The smallest absolute Gasteiger partial charge is 0.223 e. The number of nitrogen functional groups attached to an aromatic ring is 2. The number of nitrogens with zero attached hydrogens (tertiary/aromatic N) is 3.